The number of amides is 6. The highest BCUT2D eigenvalue weighted by atomic mass is 16.5. The lowest BCUT2D eigenvalue weighted by atomic mass is 9.91. The van der Waals surface area contributed by atoms with Crippen molar-refractivity contribution in [3.05, 3.63) is 117 Å². The van der Waals surface area contributed by atoms with E-state index >= 15 is 0 Å². The fourth-order valence-corrected chi connectivity index (χ4v) is 9.90. The molecular formula is C56H67N5O11. The summed E-state index contributed by atoms with van der Waals surface area (Å²) in [4.78, 5) is 95.2. The van der Waals surface area contributed by atoms with Gasteiger partial charge >= 0.3 is 5.97 Å². The van der Waals surface area contributed by atoms with Gasteiger partial charge in [0.25, 0.3) is 11.8 Å². The van der Waals surface area contributed by atoms with Gasteiger partial charge in [0, 0.05) is 49.3 Å². The number of likely N-dealkylation sites (tertiary alicyclic amines) is 1. The van der Waals surface area contributed by atoms with Crippen molar-refractivity contribution in [1.82, 2.24) is 20.4 Å². The standard InChI is InChI=1S/C56H67N5O11/c1-7-41(39-29-36(4)52(70-6)48(31-39)69-5)54(66)60-27-11-9-18-46(60)56(68)72-47(24-22-37-21-20-34(2)35(3)28-37)38-14-12-15-40(30-38)71-33-51(64)57-26-10-8-19-49(62)58-44-17-13-16-42-43(44)32-61(55(42)67)45-23-25-50(63)59-53(45)65/h12-17,20-21,28-31,41,45-47H,7-11,18-19,22-27,32-33H2,1-6H3,(H,57,64)(H,58,62)(H,59,63,65)/t41-,45?,46-,47?/m0/s1. The van der Waals surface area contributed by atoms with Crippen molar-refractivity contribution in [3.8, 4) is 17.2 Å². The van der Waals surface area contributed by atoms with E-state index in [1.807, 2.05) is 32.0 Å². The van der Waals surface area contributed by atoms with Crippen LogP contribution >= 0.6 is 0 Å². The van der Waals surface area contributed by atoms with E-state index in [2.05, 4.69) is 48.0 Å². The number of esters is 1. The molecule has 3 aliphatic heterocycles. The van der Waals surface area contributed by atoms with Crippen molar-refractivity contribution >= 4 is 47.1 Å². The summed E-state index contributed by atoms with van der Waals surface area (Å²) >= 11 is 0. The zero-order chi connectivity index (χ0) is 51.5. The lowest BCUT2D eigenvalue weighted by molar-refractivity contribution is -0.162. The fraction of sp³-hybridized carbons (Fsp3) is 0.446. The number of fused-ring (bicyclic) bond motifs is 1. The molecule has 0 aromatic heterocycles. The summed E-state index contributed by atoms with van der Waals surface area (Å²) in [5.74, 6) is -1.31. The molecule has 0 spiro atoms. The summed E-state index contributed by atoms with van der Waals surface area (Å²) in [5, 5.41) is 8.04. The number of hydrogen-bond donors (Lipinski definition) is 3. The number of carbonyl (C=O) groups excluding carboxylic acids is 7. The zero-order valence-corrected chi connectivity index (χ0v) is 42.2. The number of ether oxygens (including phenoxy) is 4. The molecule has 0 saturated carbocycles. The van der Waals surface area contributed by atoms with E-state index in [-0.39, 0.29) is 62.0 Å². The summed E-state index contributed by atoms with van der Waals surface area (Å²) in [7, 11) is 3.15. The van der Waals surface area contributed by atoms with Crippen molar-refractivity contribution in [2.75, 3.05) is 39.2 Å². The van der Waals surface area contributed by atoms with Crippen LogP contribution in [-0.2, 0) is 46.5 Å². The van der Waals surface area contributed by atoms with Crippen LogP contribution in [0.2, 0.25) is 0 Å². The van der Waals surface area contributed by atoms with Crippen LogP contribution < -0.4 is 30.2 Å². The summed E-state index contributed by atoms with van der Waals surface area (Å²) in [5.41, 5.74) is 7.32. The maximum atomic E-state index is 14.5. The number of methoxy groups -OCH3 is 2. The molecule has 72 heavy (non-hydrogen) atoms. The molecule has 0 radical (unpaired) electrons. The second-order valence-electron chi connectivity index (χ2n) is 18.9. The predicted octanol–water partition coefficient (Wildman–Crippen LogP) is 7.49. The minimum absolute atomic E-state index is 0.134. The molecule has 4 atom stereocenters. The minimum Gasteiger partial charge on any atom is -0.493 e. The first-order chi connectivity index (χ1) is 34.7. The average Bonchev–Trinajstić information content (AvgIpc) is 3.71. The van der Waals surface area contributed by atoms with Crippen molar-refractivity contribution in [3.63, 3.8) is 0 Å². The SMILES string of the molecule is CC[C@H](C(=O)N1CCCC[C@H]1C(=O)OC(CCc1ccc(C)c(C)c1)c1cccc(OCC(=O)NCCCCC(=O)Nc2cccc3c2CN(C2CCC(=O)NC2=O)C3=O)c1)c1cc(C)c(OC)c(OC)c1. The number of aryl methyl sites for hydroxylation is 4. The molecule has 4 aromatic rings. The highest BCUT2D eigenvalue weighted by Crippen LogP contribution is 2.38. The number of imide groups is 1. The van der Waals surface area contributed by atoms with Crippen LogP contribution in [0.4, 0.5) is 5.69 Å². The van der Waals surface area contributed by atoms with Crippen LogP contribution in [-0.4, -0.2) is 97.2 Å². The van der Waals surface area contributed by atoms with E-state index in [4.69, 9.17) is 18.9 Å². The van der Waals surface area contributed by atoms with Crippen LogP contribution in [0.3, 0.4) is 0 Å². The summed E-state index contributed by atoms with van der Waals surface area (Å²) in [6.45, 7) is 8.64. The maximum absolute atomic E-state index is 14.5. The van der Waals surface area contributed by atoms with Gasteiger partial charge in [0.1, 0.15) is 23.9 Å². The second-order valence-corrected chi connectivity index (χ2v) is 18.9. The number of unbranched alkanes of at least 4 members (excludes halogenated alkanes) is 1. The fourth-order valence-electron chi connectivity index (χ4n) is 9.90. The van der Waals surface area contributed by atoms with Gasteiger partial charge in [0.2, 0.25) is 23.6 Å². The molecule has 382 valence electrons. The molecule has 3 N–H and O–H groups in total. The Balaban J connectivity index is 0.932. The number of nitrogens with zero attached hydrogens (tertiary/aromatic N) is 2. The lowest BCUT2D eigenvalue weighted by Crippen LogP contribution is -2.52. The van der Waals surface area contributed by atoms with Gasteiger partial charge in [-0.25, -0.2) is 4.79 Å². The highest BCUT2D eigenvalue weighted by Gasteiger charge is 2.41. The normalized spacial score (nSPS) is 17.3. The smallest absolute Gasteiger partial charge is 0.329 e. The molecular weight excluding hydrogens is 919 g/mol. The Bertz CT molecular complexity index is 2680. The largest absolute Gasteiger partial charge is 0.493 e. The zero-order valence-electron chi connectivity index (χ0n) is 42.2. The van der Waals surface area contributed by atoms with Crippen LogP contribution in [0.5, 0.6) is 17.2 Å². The van der Waals surface area contributed by atoms with Gasteiger partial charge in [0.05, 0.1) is 20.1 Å². The van der Waals surface area contributed by atoms with Crippen LogP contribution in [0.15, 0.2) is 72.8 Å². The Morgan fingerprint density at radius 1 is 0.833 bits per heavy atom. The summed E-state index contributed by atoms with van der Waals surface area (Å²) in [6, 6.07) is 20.8. The van der Waals surface area contributed by atoms with E-state index in [0.29, 0.717) is 91.2 Å². The van der Waals surface area contributed by atoms with Crippen LogP contribution in [0.25, 0.3) is 0 Å². The molecule has 3 heterocycles. The molecule has 7 rings (SSSR count). The number of rotatable bonds is 21. The van der Waals surface area contributed by atoms with Gasteiger partial charge < -0.3 is 39.4 Å². The molecule has 3 aliphatic rings. The number of anilines is 1. The van der Waals surface area contributed by atoms with Crippen LogP contribution in [0.1, 0.15) is 132 Å². The molecule has 16 heteroatoms. The van der Waals surface area contributed by atoms with Crippen molar-refractivity contribution in [2.45, 2.75) is 129 Å². The van der Waals surface area contributed by atoms with Gasteiger partial charge in [-0.05, 0) is 142 Å². The number of hydrogen-bond acceptors (Lipinski definition) is 11. The molecule has 2 saturated heterocycles. The molecule has 4 aromatic carbocycles. The summed E-state index contributed by atoms with van der Waals surface area (Å²) in [6.07, 6.45) is 4.54. The first-order valence-electron chi connectivity index (χ1n) is 25.0. The van der Waals surface area contributed by atoms with Gasteiger partial charge in [0.15, 0.2) is 18.1 Å². The van der Waals surface area contributed by atoms with E-state index < -0.39 is 36.0 Å². The maximum Gasteiger partial charge on any atom is 0.329 e. The topological polar surface area (TPSA) is 199 Å². The van der Waals surface area contributed by atoms with E-state index in [9.17, 15) is 33.6 Å². The summed E-state index contributed by atoms with van der Waals surface area (Å²) < 4.78 is 23.6. The van der Waals surface area contributed by atoms with Crippen molar-refractivity contribution < 1.29 is 52.5 Å². The second kappa shape index (κ2) is 24.3. The first kappa shape index (κ1) is 52.6. The number of nitrogens with one attached hydrogen (secondary N) is 3. The average molecular weight is 986 g/mol. The molecule has 2 fully saturated rings. The van der Waals surface area contributed by atoms with Gasteiger partial charge in [-0.2, -0.15) is 0 Å². The third-order valence-electron chi connectivity index (χ3n) is 14.0. The Morgan fingerprint density at radius 3 is 2.39 bits per heavy atom. The highest BCUT2D eigenvalue weighted by molar-refractivity contribution is 6.07. The molecule has 16 nitrogen and oxygen atoms in total. The molecule has 0 aliphatic carbocycles. The Morgan fingerprint density at radius 2 is 1.64 bits per heavy atom. The number of piperidine rings is 2. The quantitative estimate of drug-likeness (QED) is 0.0425. The van der Waals surface area contributed by atoms with Gasteiger partial charge in [-0.3, -0.25) is 34.1 Å². The Kier molecular flexibility index (Phi) is 17.7. The molecule has 0 bridgehead atoms. The van der Waals surface area contributed by atoms with Crippen molar-refractivity contribution in [2.24, 2.45) is 0 Å². The number of benzene rings is 4. The molecule has 6 amide bonds. The minimum atomic E-state index is -0.764. The Labute approximate surface area is 421 Å². The number of carbonyl (C=O) groups is 7. The van der Waals surface area contributed by atoms with E-state index in [0.717, 1.165) is 29.5 Å². The monoisotopic (exact) mass is 985 g/mol. The third-order valence-corrected chi connectivity index (χ3v) is 14.0. The van der Waals surface area contributed by atoms with Crippen LogP contribution in [0, 0.1) is 20.8 Å². The molecule has 2 unspecified atom stereocenters. The lowest BCUT2D eigenvalue weighted by Gasteiger charge is -2.37. The van der Waals surface area contributed by atoms with Gasteiger partial charge in [-0.1, -0.05) is 49.4 Å². The van der Waals surface area contributed by atoms with E-state index in [1.165, 1.54) is 16.0 Å². The first-order valence-corrected chi connectivity index (χ1v) is 25.0. The van der Waals surface area contributed by atoms with E-state index in [1.54, 1.807) is 55.5 Å². The third kappa shape index (κ3) is 12.6. The van der Waals surface area contributed by atoms with Crippen molar-refractivity contribution in [1.29, 1.82) is 0 Å². The van der Waals surface area contributed by atoms with Gasteiger partial charge in [-0.15, -0.1) is 0 Å². The predicted molar refractivity (Wildman–Crippen MR) is 270 cm³/mol. The Hall–Kier alpha value is -7.23.